The van der Waals surface area contributed by atoms with E-state index in [0.29, 0.717) is 18.1 Å². The van der Waals surface area contributed by atoms with Gasteiger partial charge in [0.15, 0.2) is 5.58 Å². The monoisotopic (exact) mass is 301 g/mol. The summed E-state index contributed by atoms with van der Waals surface area (Å²) in [5.74, 6) is 0.557. The van der Waals surface area contributed by atoms with Crippen molar-refractivity contribution in [1.82, 2.24) is 9.97 Å². The maximum absolute atomic E-state index is 11.9. The summed E-state index contributed by atoms with van der Waals surface area (Å²) in [6, 6.07) is 9.43. The predicted molar refractivity (Wildman–Crippen MR) is 84.9 cm³/mol. The second-order valence-corrected chi connectivity index (χ2v) is 5.48. The molecule has 6 heteroatoms. The van der Waals surface area contributed by atoms with Crippen molar-refractivity contribution in [3.05, 3.63) is 52.3 Å². The van der Waals surface area contributed by atoms with Crippen molar-refractivity contribution < 1.29 is 4.42 Å². The Kier molecular flexibility index (Phi) is 3.70. The van der Waals surface area contributed by atoms with Crippen LogP contribution >= 0.6 is 11.8 Å². The first kappa shape index (κ1) is 13.8. The lowest BCUT2D eigenvalue weighted by Crippen LogP contribution is -2.15. The number of aromatic amines is 1. The van der Waals surface area contributed by atoms with Crippen LogP contribution in [-0.2, 0) is 6.54 Å². The summed E-state index contributed by atoms with van der Waals surface area (Å²) in [5, 5.41) is 3.08. The van der Waals surface area contributed by atoms with Gasteiger partial charge in [0, 0.05) is 10.6 Å². The molecule has 0 radical (unpaired) electrons. The zero-order valence-electron chi connectivity index (χ0n) is 11.8. The summed E-state index contributed by atoms with van der Waals surface area (Å²) in [6.07, 6.45) is 1.98. The van der Waals surface area contributed by atoms with Crippen LogP contribution in [-0.4, -0.2) is 16.2 Å². The van der Waals surface area contributed by atoms with Crippen LogP contribution in [0, 0.1) is 6.92 Å². The van der Waals surface area contributed by atoms with E-state index < -0.39 is 0 Å². The van der Waals surface area contributed by atoms with Gasteiger partial charge in [0.2, 0.25) is 5.89 Å². The third kappa shape index (κ3) is 2.80. The first-order valence-corrected chi connectivity index (χ1v) is 7.76. The van der Waals surface area contributed by atoms with E-state index in [0.717, 1.165) is 21.7 Å². The van der Waals surface area contributed by atoms with Crippen LogP contribution in [0.3, 0.4) is 0 Å². The van der Waals surface area contributed by atoms with Crippen molar-refractivity contribution in [2.24, 2.45) is 0 Å². The second kappa shape index (κ2) is 5.65. The van der Waals surface area contributed by atoms with Gasteiger partial charge in [-0.25, -0.2) is 4.98 Å². The number of hydrogen-bond acceptors (Lipinski definition) is 5. The van der Waals surface area contributed by atoms with Crippen molar-refractivity contribution in [2.75, 3.05) is 11.6 Å². The summed E-state index contributed by atoms with van der Waals surface area (Å²) < 4.78 is 5.62. The van der Waals surface area contributed by atoms with Gasteiger partial charge < -0.3 is 14.7 Å². The van der Waals surface area contributed by atoms with Gasteiger partial charge in [0.25, 0.3) is 5.56 Å². The van der Waals surface area contributed by atoms with E-state index in [1.54, 1.807) is 11.8 Å². The van der Waals surface area contributed by atoms with Gasteiger partial charge in [0.1, 0.15) is 11.2 Å². The Bertz CT molecular complexity index is 805. The highest BCUT2D eigenvalue weighted by atomic mass is 32.2. The lowest BCUT2D eigenvalue weighted by Gasteiger charge is -2.07. The Labute approximate surface area is 125 Å². The van der Waals surface area contributed by atoms with Gasteiger partial charge in [0.05, 0.1) is 6.54 Å². The molecule has 5 nitrogen and oxygen atoms in total. The molecule has 0 saturated heterocycles. The maximum Gasteiger partial charge on any atom is 0.271 e. The summed E-state index contributed by atoms with van der Waals surface area (Å²) in [6.45, 7) is 2.26. The molecule has 2 heterocycles. The van der Waals surface area contributed by atoms with E-state index >= 15 is 0 Å². The van der Waals surface area contributed by atoms with Gasteiger partial charge in [-0.3, -0.25) is 4.79 Å². The molecule has 108 valence electrons. The van der Waals surface area contributed by atoms with Crippen molar-refractivity contribution in [2.45, 2.75) is 18.4 Å². The topological polar surface area (TPSA) is 70.9 Å². The minimum Gasteiger partial charge on any atom is -0.439 e. The molecule has 3 aromatic rings. The lowest BCUT2D eigenvalue weighted by atomic mass is 10.3. The molecule has 0 spiro atoms. The molecule has 0 aliphatic heterocycles. The number of fused-ring (bicyclic) bond motifs is 1. The van der Waals surface area contributed by atoms with Gasteiger partial charge in [-0.15, -0.1) is 11.8 Å². The van der Waals surface area contributed by atoms with E-state index in [4.69, 9.17) is 4.42 Å². The van der Waals surface area contributed by atoms with E-state index in [9.17, 15) is 4.79 Å². The number of thioether (sulfide) groups is 1. The maximum atomic E-state index is 11.9. The molecule has 21 heavy (non-hydrogen) atoms. The zero-order valence-corrected chi connectivity index (χ0v) is 12.6. The molecular weight excluding hydrogens is 286 g/mol. The molecule has 0 amide bonds. The van der Waals surface area contributed by atoms with Crippen LogP contribution in [0.5, 0.6) is 0 Å². The number of benzene rings is 1. The van der Waals surface area contributed by atoms with Gasteiger partial charge >= 0.3 is 0 Å². The van der Waals surface area contributed by atoms with E-state index in [1.807, 2.05) is 43.5 Å². The normalized spacial score (nSPS) is 11.0. The number of aryl methyl sites for hydroxylation is 1. The van der Waals surface area contributed by atoms with Gasteiger partial charge in [-0.1, -0.05) is 12.1 Å². The molecule has 0 aliphatic carbocycles. The Morgan fingerprint density at radius 2 is 2.19 bits per heavy atom. The molecule has 0 saturated carbocycles. The first-order valence-electron chi connectivity index (χ1n) is 6.53. The van der Waals surface area contributed by atoms with Crippen molar-refractivity contribution in [3.63, 3.8) is 0 Å². The average molecular weight is 301 g/mol. The fraction of sp³-hybridized carbons (Fsp3) is 0.200. The Balaban J connectivity index is 1.82. The Hall–Kier alpha value is -2.21. The van der Waals surface area contributed by atoms with Gasteiger partial charge in [-0.2, -0.15) is 0 Å². The average Bonchev–Trinajstić information content (AvgIpc) is 2.89. The highest BCUT2D eigenvalue weighted by molar-refractivity contribution is 7.98. The fourth-order valence-corrected chi connectivity index (χ4v) is 2.71. The first-order chi connectivity index (χ1) is 10.2. The second-order valence-electron chi connectivity index (χ2n) is 4.63. The number of para-hydroxylation sites is 2. The molecule has 0 bridgehead atoms. The minimum absolute atomic E-state index is 0.138. The molecular formula is C15H15N3O2S. The smallest absolute Gasteiger partial charge is 0.271 e. The molecule has 0 fully saturated rings. The molecule has 2 aromatic heterocycles. The number of aromatic nitrogens is 2. The number of anilines is 1. The molecule has 1 aromatic carbocycles. The number of hydrogen-bond donors (Lipinski definition) is 2. The number of H-pyrrole nitrogens is 1. The fourth-order valence-electron chi connectivity index (χ4n) is 2.11. The van der Waals surface area contributed by atoms with E-state index in [-0.39, 0.29) is 5.56 Å². The quantitative estimate of drug-likeness (QED) is 0.724. The third-order valence-electron chi connectivity index (χ3n) is 3.18. The largest absolute Gasteiger partial charge is 0.439 e. The van der Waals surface area contributed by atoms with Crippen LogP contribution in [0.4, 0.5) is 5.69 Å². The number of rotatable bonds is 4. The summed E-state index contributed by atoms with van der Waals surface area (Å²) in [7, 11) is 0. The number of pyridine rings is 1. The zero-order chi connectivity index (χ0) is 14.8. The number of nitrogens with one attached hydrogen (secondary N) is 2. The van der Waals surface area contributed by atoms with Crippen LogP contribution in [0.15, 0.2) is 44.4 Å². The standard InChI is InChI=1S/C15H15N3O2S/c1-9-13(21-2)7-11(15(19)17-9)16-8-14-18-10-5-3-4-6-12(10)20-14/h3-7,16H,8H2,1-2H3,(H,17,19). The summed E-state index contributed by atoms with van der Waals surface area (Å²) in [4.78, 5) is 20.2. The minimum atomic E-state index is -0.138. The highest BCUT2D eigenvalue weighted by Gasteiger charge is 2.08. The summed E-state index contributed by atoms with van der Waals surface area (Å²) in [5.41, 5.74) is 2.82. The highest BCUT2D eigenvalue weighted by Crippen LogP contribution is 2.20. The van der Waals surface area contributed by atoms with Crippen molar-refractivity contribution >= 4 is 28.5 Å². The summed E-state index contributed by atoms with van der Waals surface area (Å²) >= 11 is 1.59. The van der Waals surface area contributed by atoms with Crippen LogP contribution < -0.4 is 10.9 Å². The lowest BCUT2D eigenvalue weighted by molar-refractivity contribution is 0.540. The van der Waals surface area contributed by atoms with Crippen LogP contribution in [0.1, 0.15) is 11.6 Å². The SMILES string of the molecule is CSc1cc(NCc2nc3ccccc3o2)c(=O)[nH]c1C. The number of oxazole rings is 1. The molecule has 3 rings (SSSR count). The molecule has 2 N–H and O–H groups in total. The van der Waals surface area contributed by atoms with Crippen LogP contribution in [0.2, 0.25) is 0 Å². The van der Waals surface area contributed by atoms with Crippen molar-refractivity contribution in [1.29, 1.82) is 0 Å². The third-order valence-corrected chi connectivity index (χ3v) is 4.04. The van der Waals surface area contributed by atoms with Crippen LogP contribution in [0.25, 0.3) is 11.1 Å². The van der Waals surface area contributed by atoms with E-state index in [1.165, 1.54) is 0 Å². The Morgan fingerprint density at radius 1 is 1.38 bits per heavy atom. The molecule has 0 unspecified atom stereocenters. The van der Waals surface area contributed by atoms with E-state index in [2.05, 4.69) is 15.3 Å². The molecule has 0 atom stereocenters. The van der Waals surface area contributed by atoms with Crippen molar-refractivity contribution in [3.8, 4) is 0 Å². The number of nitrogens with zero attached hydrogens (tertiary/aromatic N) is 1. The Morgan fingerprint density at radius 3 is 2.95 bits per heavy atom. The molecule has 0 aliphatic rings. The predicted octanol–water partition coefficient (Wildman–Crippen LogP) is 3.16. The van der Waals surface area contributed by atoms with Gasteiger partial charge in [-0.05, 0) is 31.4 Å².